The second-order valence-corrected chi connectivity index (χ2v) is 8.10. The second kappa shape index (κ2) is 26.8. The van der Waals surface area contributed by atoms with E-state index in [4.69, 9.17) is 47.7 Å². The van der Waals surface area contributed by atoms with Crippen molar-refractivity contribution < 1.29 is 57.3 Å². The Morgan fingerprint density at radius 2 is 0.875 bits per heavy atom. The predicted molar refractivity (Wildman–Crippen MR) is 145 cm³/mol. The van der Waals surface area contributed by atoms with Crippen LogP contribution in [-0.4, -0.2) is 129 Å². The van der Waals surface area contributed by atoms with Gasteiger partial charge >= 0.3 is 5.97 Å². The molecule has 1 amide bonds. The van der Waals surface area contributed by atoms with E-state index in [2.05, 4.69) is 5.32 Å². The maximum Gasteiger partial charge on any atom is 0.305 e. The molecular weight excluding hydrogens is 530 g/mol. The number of carbonyl (C=O) groups is 2. The molecular formula is C27H45NO12. The maximum atomic E-state index is 11.0. The molecule has 0 atom stereocenters. The third-order valence-corrected chi connectivity index (χ3v) is 4.74. The van der Waals surface area contributed by atoms with Crippen molar-refractivity contribution in [3.63, 3.8) is 0 Å². The zero-order chi connectivity index (χ0) is 28.9. The van der Waals surface area contributed by atoms with Gasteiger partial charge in [0.1, 0.15) is 12.4 Å². The van der Waals surface area contributed by atoms with Gasteiger partial charge in [-0.1, -0.05) is 0 Å². The molecule has 13 heteroatoms. The summed E-state index contributed by atoms with van der Waals surface area (Å²) in [4.78, 5) is 21.3. The Bertz CT molecular complexity index is 735. The quantitative estimate of drug-likeness (QED) is 0.134. The zero-order valence-electron chi connectivity index (χ0n) is 23.5. The second-order valence-electron chi connectivity index (χ2n) is 8.10. The molecule has 0 aromatic heterocycles. The zero-order valence-corrected chi connectivity index (χ0v) is 23.5. The Kier molecular flexibility index (Phi) is 23.9. The molecule has 13 nitrogen and oxygen atoms in total. The Morgan fingerprint density at radius 3 is 1.20 bits per heavy atom. The fourth-order valence-corrected chi connectivity index (χ4v) is 2.86. The molecule has 0 aliphatic heterocycles. The van der Waals surface area contributed by atoms with Crippen molar-refractivity contribution in [3.05, 3.63) is 24.3 Å². The summed E-state index contributed by atoms with van der Waals surface area (Å²) < 4.78 is 48.6. The lowest BCUT2D eigenvalue weighted by Crippen LogP contribution is -2.15. The number of hydrogen-bond acceptors (Lipinski definition) is 11. The van der Waals surface area contributed by atoms with Crippen molar-refractivity contribution in [1.29, 1.82) is 0 Å². The molecule has 0 saturated carbocycles. The molecule has 2 N–H and O–H groups in total. The van der Waals surface area contributed by atoms with Gasteiger partial charge in [0.2, 0.25) is 5.91 Å². The molecule has 0 aliphatic rings. The van der Waals surface area contributed by atoms with Crippen LogP contribution in [0.2, 0.25) is 0 Å². The molecule has 1 rings (SSSR count). The maximum absolute atomic E-state index is 11.0. The van der Waals surface area contributed by atoms with Gasteiger partial charge in [-0.25, -0.2) is 0 Å². The number of carboxylic acid groups (broad SMARTS) is 1. The van der Waals surface area contributed by atoms with E-state index < -0.39 is 5.97 Å². The van der Waals surface area contributed by atoms with Gasteiger partial charge in [-0.05, 0) is 24.3 Å². The van der Waals surface area contributed by atoms with Crippen molar-refractivity contribution in [2.24, 2.45) is 0 Å². The van der Waals surface area contributed by atoms with Crippen LogP contribution in [0.1, 0.15) is 13.3 Å². The lowest BCUT2D eigenvalue weighted by atomic mass is 10.3. The van der Waals surface area contributed by atoms with Crippen LogP contribution in [0, 0.1) is 0 Å². The van der Waals surface area contributed by atoms with Gasteiger partial charge in [0.05, 0.1) is 112 Å². The molecule has 0 fully saturated rings. The standard InChI is InChI=1S/C27H45NO12/c1-24(29)28-25-2-4-26(5-3-25)40-23-22-39-21-20-38-19-18-37-17-16-36-15-14-35-13-12-34-11-10-33-9-8-32-7-6-27(30)31/h2-5H,6-23H2,1H3,(H,28,29)(H,30,31). The van der Waals surface area contributed by atoms with E-state index in [1.54, 1.807) is 24.3 Å². The minimum absolute atomic E-state index is 0.00395. The number of aliphatic carboxylic acids is 1. The molecule has 0 unspecified atom stereocenters. The van der Waals surface area contributed by atoms with Crippen LogP contribution in [0.3, 0.4) is 0 Å². The highest BCUT2D eigenvalue weighted by molar-refractivity contribution is 5.88. The lowest BCUT2D eigenvalue weighted by molar-refractivity contribution is -0.138. The first-order chi connectivity index (χ1) is 19.6. The van der Waals surface area contributed by atoms with E-state index in [9.17, 15) is 9.59 Å². The summed E-state index contributed by atoms with van der Waals surface area (Å²) in [5, 5.41) is 11.2. The summed E-state index contributed by atoms with van der Waals surface area (Å²) in [6.07, 6.45) is -0.00395. The summed E-state index contributed by atoms with van der Waals surface area (Å²) in [5.41, 5.74) is 0.727. The van der Waals surface area contributed by atoms with Gasteiger partial charge in [0.25, 0.3) is 0 Å². The summed E-state index contributed by atoms with van der Waals surface area (Å²) in [5.74, 6) is -0.277. The third-order valence-electron chi connectivity index (χ3n) is 4.74. The van der Waals surface area contributed by atoms with Crippen LogP contribution in [0.5, 0.6) is 5.75 Å². The van der Waals surface area contributed by atoms with E-state index >= 15 is 0 Å². The molecule has 1 aromatic carbocycles. The van der Waals surface area contributed by atoms with Crippen LogP contribution < -0.4 is 10.1 Å². The molecule has 0 radical (unpaired) electrons. The third kappa shape index (κ3) is 24.7. The highest BCUT2D eigenvalue weighted by atomic mass is 16.6. The molecule has 1 aromatic rings. The highest BCUT2D eigenvalue weighted by Gasteiger charge is 1.99. The SMILES string of the molecule is CC(=O)Nc1ccc(OCCOCCOCCOCCOCCOCCOCCOCCOCCC(=O)O)cc1. The van der Waals surface area contributed by atoms with Gasteiger partial charge in [0, 0.05) is 12.6 Å². The van der Waals surface area contributed by atoms with Crippen LogP contribution >= 0.6 is 0 Å². The highest BCUT2D eigenvalue weighted by Crippen LogP contribution is 2.15. The average Bonchev–Trinajstić information content (AvgIpc) is 2.93. The number of hydrogen-bond donors (Lipinski definition) is 2. The lowest BCUT2D eigenvalue weighted by Gasteiger charge is -2.09. The number of carboxylic acids is 1. The predicted octanol–water partition coefficient (Wildman–Crippen LogP) is 1.63. The number of rotatable bonds is 29. The molecule has 0 heterocycles. The van der Waals surface area contributed by atoms with Gasteiger partial charge in [-0.15, -0.1) is 0 Å². The van der Waals surface area contributed by atoms with Crippen LogP contribution in [0.4, 0.5) is 5.69 Å². The smallest absolute Gasteiger partial charge is 0.305 e. The van der Waals surface area contributed by atoms with Crippen molar-refractivity contribution in [2.75, 3.05) is 118 Å². The van der Waals surface area contributed by atoms with Crippen molar-refractivity contribution >= 4 is 17.6 Å². The summed E-state index contributed by atoms with van der Waals surface area (Å²) >= 11 is 0. The molecule has 0 spiro atoms. The van der Waals surface area contributed by atoms with Crippen LogP contribution in [0.25, 0.3) is 0 Å². The monoisotopic (exact) mass is 575 g/mol. The fraction of sp³-hybridized carbons (Fsp3) is 0.704. The number of nitrogens with one attached hydrogen (secondary N) is 1. The first-order valence-electron chi connectivity index (χ1n) is 13.4. The normalized spacial score (nSPS) is 11.0. The number of ether oxygens (including phenoxy) is 9. The Balaban J connectivity index is 1.70. The van der Waals surface area contributed by atoms with Crippen LogP contribution in [-0.2, 0) is 47.5 Å². The van der Waals surface area contributed by atoms with Gasteiger partial charge in [-0.2, -0.15) is 0 Å². The van der Waals surface area contributed by atoms with E-state index in [1.165, 1.54) is 6.92 Å². The first kappa shape index (κ1) is 35.7. The molecule has 230 valence electrons. The molecule has 40 heavy (non-hydrogen) atoms. The molecule has 0 aliphatic carbocycles. The van der Waals surface area contributed by atoms with Gasteiger partial charge < -0.3 is 53.1 Å². The Hall–Kier alpha value is -2.36. The Morgan fingerprint density at radius 1 is 0.550 bits per heavy atom. The molecule has 0 bridgehead atoms. The summed E-state index contributed by atoms with van der Waals surface area (Å²) in [6.45, 7) is 8.98. The minimum atomic E-state index is -0.876. The largest absolute Gasteiger partial charge is 0.491 e. The number of anilines is 1. The van der Waals surface area contributed by atoms with Crippen molar-refractivity contribution in [2.45, 2.75) is 13.3 Å². The van der Waals surface area contributed by atoms with Crippen LogP contribution in [0.15, 0.2) is 24.3 Å². The topological polar surface area (TPSA) is 149 Å². The number of benzene rings is 1. The summed E-state index contributed by atoms with van der Waals surface area (Å²) in [7, 11) is 0. The van der Waals surface area contributed by atoms with Gasteiger partial charge in [0.15, 0.2) is 0 Å². The number of amides is 1. The van der Waals surface area contributed by atoms with E-state index in [0.29, 0.717) is 111 Å². The number of carbonyl (C=O) groups excluding carboxylic acids is 1. The average molecular weight is 576 g/mol. The van der Waals surface area contributed by atoms with Crippen molar-refractivity contribution in [3.8, 4) is 5.75 Å². The van der Waals surface area contributed by atoms with E-state index in [0.717, 1.165) is 5.69 Å². The van der Waals surface area contributed by atoms with E-state index in [-0.39, 0.29) is 18.9 Å². The van der Waals surface area contributed by atoms with Crippen molar-refractivity contribution in [1.82, 2.24) is 0 Å². The molecule has 0 saturated heterocycles. The van der Waals surface area contributed by atoms with E-state index in [1.807, 2.05) is 0 Å². The fourth-order valence-electron chi connectivity index (χ4n) is 2.86. The first-order valence-corrected chi connectivity index (χ1v) is 13.4. The summed E-state index contributed by atoms with van der Waals surface area (Å²) in [6, 6.07) is 7.15. The van der Waals surface area contributed by atoms with Gasteiger partial charge in [-0.3, -0.25) is 9.59 Å². The minimum Gasteiger partial charge on any atom is -0.491 e. The Labute approximate surface area is 236 Å².